The fourth-order valence-corrected chi connectivity index (χ4v) is 2.45. The minimum absolute atomic E-state index is 0.145. The molecular weight excluding hydrogens is 355 g/mol. The highest BCUT2D eigenvalue weighted by molar-refractivity contribution is 9.10. The van der Waals surface area contributed by atoms with Crippen LogP contribution in [0.3, 0.4) is 0 Å². The first-order valence-corrected chi connectivity index (χ1v) is 6.88. The zero-order valence-electron chi connectivity index (χ0n) is 10.4. The number of anilines is 1. The largest absolute Gasteiger partial charge is 0.380 e. The van der Waals surface area contributed by atoms with E-state index in [0.717, 1.165) is 22.2 Å². The summed E-state index contributed by atoms with van der Waals surface area (Å²) < 4.78 is 39.8. The van der Waals surface area contributed by atoms with Gasteiger partial charge in [-0.2, -0.15) is 0 Å². The van der Waals surface area contributed by atoms with Crippen LogP contribution in [0.1, 0.15) is 11.1 Å². The molecule has 0 saturated heterocycles. The number of rotatable bonds is 3. The number of halogens is 5. The van der Waals surface area contributed by atoms with Crippen molar-refractivity contribution < 1.29 is 13.2 Å². The number of hydrogen-bond acceptors (Lipinski definition) is 1. The summed E-state index contributed by atoms with van der Waals surface area (Å²) in [5.74, 6) is -3.88. The van der Waals surface area contributed by atoms with Crippen LogP contribution >= 0.6 is 27.5 Å². The van der Waals surface area contributed by atoms with Crippen molar-refractivity contribution in [1.29, 1.82) is 0 Å². The molecule has 106 valence electrons. The molecule has 0 aliphatic carbocycles. The summed E-state index contributed by atoms with van der Waals surface area (Å²) in [6.45, 7) is 2.01. The number of aryl methyl sites for hydroxylation is 1. The zero-order valence-corrected chi connectivity index (χ0v) is 12.7. The quantitative estimate of drug-likeness (QED) is 0.715. The van der Waals surface area contributed by atoms with Crippen LogP contribution in [0.25, 0.3) is 0 Å². The number of nitrogens with one attached hydrogen (secondary N) is 1. The second kappa shape index (κ2) is 6.06. The van der Waals surface area contributed by atoms with Crippen LogP contribution in [0.4, 0.5) is 18.9 Å². The van der Waals surface area contributed by atoms with Gasteiger partial charge in [-0.15, -0.1) is 0 Å². The van der Waals surface area contributed by atoms with E-state index in [0.29, 0.717) is 16.3 Å². The fourth-order valence-electron chi connectivity index (χ4n) is 1.69. The van der Waals surface area contributed by atoms with Gasteiger partial charge in [0.15, 0.2) is 17.5 Å². The summed E-state index contributed by atoms with van der Waals surface area (Å²) in [5.41, 5.74) is 1.89. The van der Waals surface area contributed by atoms with Gasteiger partial charge < -0.3 is 5.32 Å². The molecule has 0 amide bonds. The lowest BCUT2D eigenvalue weighted by molar-refractivity contribution is 0.445. The van der Waals surface area contributed by atoms with Crippen LogP contribution in [0.5, 0.6) is 0 Å². The monoisotopic (exact) mass is 363 g/mol. The molecule has 2 rings (SSSR count). The predicted octanol–water partition coefficient (Wildman–Crippen LogP) is 5.44. The van der Waals surface area contributed by atoms with Gasteiger partial charge in [0.2, 0.25) is 0 Å². The molecule has 2 aromatic rings. The third-order valence-corrected chi connectivity index (χ3v) is 3.84. The van der Waals surface area contributed by atoms with E-state index in [1.807, 2.05) is 13.0 Å². The van der Waals surface area contributed by atoms with Crippen LogP contribution in [0.2, 0.25) is 5.02 Å². The minimum atomic E-state index is -1.46. The maximum Gasteiger partial charge on any atom is 0.194 e. The molecule has 0 saturated carbocycles. The normalized spacial score (nSPS) is 10.7. The first kappa shape index (κ1) is 15.2. The van der Waals surface area contributed by atoms with Crippen molar-refractivity contribution in [2.45, 2.75) is 13.5 Å². The molecule has 6 heteroatoms. The second-order valence-electron chi connectivity index (χ2n) is 4.31. The maximum atomic E-state index is 13.1. The molecule has 0 heterocycles. The molecule has 0 aromatic heterocycles. The molecule has 1 N–H and O–H groups in total. The molecule has 1 nitrogen and oxygen atoms in total. The van der Waals surface area contributed by atoms with Crippen LogP contribution in [-0.4, -0.2) is 0 Å². The van der Waals surface area contributed by atoms with E-state index < -0.39 is 17.5 Å². The van der Waals surface area contributed by atoms with Gasteiger partial charge in [0.05, 0.1) is 5.69 Å². The van der Waals surface area contributed by atoms with E-state index in [4.69, 9.17) is 11.6 Å². The number of hydrogen-bond donors (Lipinski definition) is 1. The van der Waals surface area contributed by atoms with Crippen molar-refractivity contribution in [3.63, 3.8) is 0 Å². The lowest BCUT2D eigenvalue weighted by Crippen LogP contribution is -2.03. The minimum Gasteiger partial charge on any atom is -0.380 e. The van der Waals surface area contributed by atoms with E-state index in [1.165, 1.54) is 0 Å². The van der Waals surface area contributed by atoms with Crippen LogP contribution < -0.4 is 5.32 Å². The molecule has 20 heavy (non-hydrogen) atoms. The Morgan fingerprint density at radius 1 is 1.10 bits per heavy atom. The van der Waals surface area contributed by atoms with Crippen LogP contribution in [0, 0.1) is 24.4 Å². The molecule has 0 bridgehead atoms. The summed E-state index contributed by atoms with van der Waals surface area (Å²) in [6, 6.07) is 5.44. The highest BCUT2D eigenvalue weighted by Gasteiger charge is 2.11. The first-order valence-electron chi connectivity index (χ1n) is 5.71. The number of benzene rings is 2. The van der Waals surface area contributed by atoms with E-state index in [9.17, 15) is 13.2 Å². The van der Waals surface area contributed by atoms with E-state index in [1.54, 1.807) is 6.07 Å². The average molecular weight is 365 g/mol. The SMILES string of the molecule is Cc1cc(Br)c(NCc2cc(F)c(F)c(F)c2)cc1Cl. The second-order valence-corrected chi connectivity index (χ2v) is 5.57. The van der Waals surface area contributed by atoms with Gasteiger partial charge in [0.25, 0.3) is 0 Å². The Hall–Kier alpha value is -1.20. The summed E-state index contributed by atoms with van der Waals surface area (Å²) in [5, 5.41) is 3.56. The molecule has 0 fully saturated rings. The topological polar surface area (TPSA) is 12.0 Å². The van der Waals surface area contributed by atoms with Crippen LogP contribution in [0.15, 0.2) is 28.7 Å². The Kier molecular flexibility index (Phi) is 4.60. The van der Waals surface area contributed by atoms with Crippen molar-refractivity contribution in [2.75, 3.05) is 5.32 Å². The maximum absolute atomic E-state index is 13.1. The van der Waals surface area contributed by atoms with E-state index in [2.05, 4.69) is 21.2 Å². The molecule has 0 aliphatic heterocycles. The molecule has 0 spiro atoms. The Morgan fingerprint density at radius 2 is 1.70 bits per heavy atom. The Bertz CT molecular complexity index is 638. The Labute approximate surface area is 127 Å². The molecule has 2 aromatic carbocycles. The summed E-state index contributed by atoms with van der Waals surface area (Å²) in [7, 11) is 0. The van der Waals surface area contributed by atoms with Gasteiger partial charge >= 0.3 is 0 Å². The van der Waals surface area contributed by atoms with Gasteiger partial charge in [-0.3, -0.25) is 0 Å². The van der Waals surface area contributed by atoms with Crippen molar-refractivity contribution in [1.82, 2.24) is 0 Å². The summed E-state index contributed by atoms with van der Waals surface area (Å²) in [4.78, 5) is 0. The third kappa shape index (κ3) is 3.27. The van der Waals surface area contributed by atoms with Gasteiger partial charge in [0, 0.05) is 16.0 Å². The Morgan fingerprint density at radius 3 is 2.30 bits per heavy atom. The smallest absolute Gasteiger partial charge is 0.194 e. The molecule has 0 atom stereocenters. The predicted molar refractivity (Wildman–Crippen MR) is 77.5 cm³/mol. The molecule has 0 aliphatic rings. The molecule has 0 unspecified atom stereocenters. The lowest BCUT2D eigenvalue weighted by Gasteiger charge is -2.11. The van der Waals surface area contributed by atoms with Crippen molar-refractivity contribution >= 4 is 33.2 Å². The molecule has 0 radical (unpaired) electrons. The standard InChI is InChI=1S/C14H10BrClF3N/c1-7-2-9(15)13(5-10(7)16)20-6-8-3-11(17)14(19)12(18)4-8/h2-5,20H,6H2,1H3. The Balaban J connectivity index is 2.19. The zero-order chi connectivity index (χ0) is 14.9. The van der Waals surface area contributed by atoms with Gasteiger partial charge in [-0.05, 0) is 58.2 Å². The van der Waals surface area contributed by atoms with Crippen molar-refractivity contribution in [2.24, 2.45) is 0 Å². The third-order valence-electron chi connectivity index (χ3n) is 2.77. The summed E-state index contributed by atoms with van der Waals surface area (Å²) in [6.07, 6.45) is 0. The fraction of sp³-hybridized carbons (Fsp3) is 0.143. The van der Waals surface area contributed by atoms with Crippen molar-refractivity contribution in [3.8, 4) is 0 Å². The highest BCUT2D eigenvalue weighted by atomic mass is 79.9. The highest BCUT2D eigenvalue weighted by Crippen LogP contribution is 2.29. The summed E-state index contributed by atoms with van der Waals surface area (Å²) >= 11 is 9.37. The van der Waals surface area contributed by atoms with Crippen LogP contribution in [-0.2, 0) is 6.54 Å². The average Bonchev–Trinajstić information content (AvgIpc) is 2.38. The van der Waals surface area contributed by atoms with Gasteiger partial charge in [0.1, 0.15) is 0 Å². The van der Waals surface area contributed by atoms with E-state index >= 15 is 0 Å². The van der Waals surface area contributed by atoms with Gasteiger partial charge in [-0.25, -0.2) is 13.2 Å². The molecular formula is C14H10BrClF3N. The van der Waals surface area contributed by atoms with E-state index in [-0.39, 0.29) is 6.54 Å². The lowest BCUT2D eigenvalue weighted by atomic mass is 10.2. The first-order chi connectivity index (χ1) is 9.38. The van der Waals surface area contributed by atoms with Crippen molar-refractivity contribution in [3.05, 3.63) is 62.3 Å². The van der Waals surface area contributed by atoms with Gasteiger partial charge in [-0.1, -0.05) is 11.6 Å².